The first-order chi connectivity index (χ1) is 12.8. The molecule has 0 radical (unpaired) electrons. The molecule has 0 amide bonds. The van der Waals surface area contributed by atoms with E-state index >= 15 is 0 Å². The van der Waals surface area contributed by atoms with Crippen LogP contribution in [0.2, 0.25) is 6.32 Å². The van der Waals surface area contributed by atoms with E-state index in [9.17, 15) is 0 Å². The van der Waals surface area contributed by atoms with Gasteiger partial charge in [-0.05, 0) is 30.0 Å². The second-order valence-electron chi connectivity index (χ2n) is 6.77. The maximum atomic E-state index is 6.43. The molecule has 2 heterocycles. The molecule has 0 bridgehead atoms. The van der Waals surface area contributed by atoms with Crippen LogP contribution in [0.1, 0.15) is 31.4 Å². The fourth-order valence-electron chi connectivity index (χ4n) is 3.93. The molecule has 2 aromatic carbocycles. The predicted octanol–water partition coefficient (Wildman–Crippen LogP) is 5.63. The summed E-state index contributed by atoms with van der Waals surface area (Å²) < 4.78 is 6.43. The molecule has 0 fully saturated rings. The van der Waals surface area contributed by atoms with Gasteiger partial charge in [-0.3, -0.25) is 0 Å². The number of hydrogen-bond acceptors (Lipinski definition) is 2. The van der Waals surface area contributed by atoms with Crippen LogP contribution in [-0.4, -0.2) is 17.9 Å². The summed E-state index contributed by atoms with van der Waals surface area (Å²) in [5, 5.41) is 0. The number of nitrogens with zero attached hydrogens (tertiary/aromatic N) is 1. The van der Waals surface area contributed by atoms with E-state index in [4.69, 9.17) is 4.65 Å². The Hall–Kier alpha value is -2.68. The number of rotatable bonds is 4. The normalized spacial score (nSPS) is 19.2. The Morgan fingerprint density at radius 3 is 2.15 bits per heavy atom. The highest BCUT2D eigenvalue weighted by molar-refractivity contribution is 6.51. The van der Waals surface area contributed by atoms with E-state index in [0.717, 1.165) is 24.1 Å². The van der Waals surface area contributed by atoms with Crippen LogP contribution in [0.4, 0.5) is 0 Å². The standard InChI is InChI=1S/C23H24BNO/c1-3-22-21(18-11-7-5-8-12-18)16-15-20-17-23(19-13-9-6-10-14-19)26-24(4-2)25(20)22/h5-17,22H,3-4H2,1-2H3. The van der Waals surface area contributed by atoms with Gasteiger partial charge in [0.1, 0.15) is 5.76 Å². The third-order valence-corrected chi connectivity index (χ3v) is 5.18. The Bertz CT molecular complexity index is 854. The molecule has 4 rings (SSSR count). The summed E-state index contributed by atoms with van der Waals surface area (Å²) >= 11 is 0. The molecular weight excluding hydrogens is 317 g/mol. The summed E-state index contributed by atoms with van der Waals surface area (Å²) in [4.78, 5) is 2.45. The van der Waals surface area contributed by atoms with Crippen molar-refractivity contribution < 1.29 is 4.65 Å². The first kappa shape index (κ1) is 16.8. The van der Waals surface area contributed by atoms with Gasteiger partial charge in [-0.2, -0.15) is 0 Å². The lowest BCUT2D eigenvalue weighted by Gasteiger charge is -2.44. The molecule has 0 spiro atoms. The summed E-state index contributed by atoms with van der Waals surface area (Å²) in [6.45, 7) is 4.46. The fraction of sp³-hybridized carbons (Fsp3) is 0.217. The van der Waals surface area contributed by atoms with Gasteiger partial charge in [0.05, 0.1) is 0 Å². The summed E-state index contributed by atoms with van der Waals surface area (Å²) in [6, 6.07) is 21.4. The Balaban J connectivity index is 1.78. The minimum absolute atomic E-state index is 0.0545. The molecule has 1 unspecified atom stereocenters. The number of hydrogen-bond donors (Lipinski definition) is 0. The van der Waals surface area contributed by atoms with Gasteiger partial charge in [0.25, 0.3) is 0 Å². The zero-order valence-electron chi connectivity index (χ0n) is 15.4. The van der Waals surface area contributed by atoms with Crippen molar-refractivity contribution in [1.29, 1.82) is 0 Å². The van der Waals surface area contributed by atoms with Gasteiger partial charge in [-0.1, -0.05) is 80.6 Å². The maximum Gasteiger partial charge on any atom is 0.482 e. The van der Waals surface area contributed by atoms with Crippen molar-refractivity contribution in [1.82, 2.24) is 4.81 Å². The fourth-order valence-corrected chi connectivity index (χ4v) is 3.93. The molecule has 0 N–H and O–H groups in total. The molecule has 2 nitrogen and oxygen atoms in total. The molecule has 0 saturated heterocycles. The van der Waals surface area contributed by atoms with E-state index in [-0.39, 0.29) is 7.05 Å². The minimum atomic E-state index is 0.0545. The first-order valence-corrected chi connectivity index (χ1v) is 9.51. The molecule has 0 aliphatic carbocycles. The topological polar surface area (TPSA) is 12.5 Å². The van der Waals surface area contributed by atoms with Crippen molar-refractivity contribution >= 4 is 18.4 Å². The molecule has 2 aliphatic rings. The zero-order chi connectivity index (χ0) is 17.9. The van der Waals surface area contributed by atoms with E-state index in [1.165, 1.54) is 16.8 Å². The average molecular weight is 341 g/mol. The average Bonchev–Trinajstić information content (AvgIpc) is 2.73. The minimum Gasteiger partial charge on any atom is -0.541 e. The number of fused-ring (bicyclic) bond motifs is 1. The van der Waals surface area contributed by atoms with Crippen molar-refractivity contribution in [3.63, 3.8) is 0 Å². The van der Waals surface area contributed by atoms with Crippen LogP contribution in [-0.2, 0) is 4.65 Å². The molecule has 130 valence electrons. The quantitative estimate of drug-likeness (QED) is 0.669. The van der Waals surface area contributed by atoms with Crippen LogP contribution >= 0.6 is 0 Å². The third-order valence-electron chi connectivity index (χ3n) is 5.18. The molecular formula is C23H24BNO. The van der Waals surface area contributed by atoms with Gasteiger partial charge in [0, 0.05) is 23.4 Å². The van der Waals surface area contributed by atoms with E-state index < -0.39 is 0 Å². The van der Waals surface area contributed by atoms with Crippen molar-refractivity contribution in [3.05, 3.63) is 95.7 Å². The van der Waals surface area contributed by atoms with Crippen LogP contribution < -0.4 is 0 Å². The van der Waals surface area contributed by atoms with Crippen molar-refractivity contribution in [2.45, 2.75) is 32.6 Å². The molecule has 26 heavy (non-hydrogen) atoms. The molecule has 0 saturated carbocycles. The van der Waals surface area contributed by atoms with E-state index in [1.54, 1.807) is 0 Å². The summed E-state index contributed by atoms with van der Waals surface area (Å²) in [5.74, 6) is 0.964. The Labute approximate surface area is 156 Å². The first-order valence-electron chi connectivity index (χ1n) is 9.51. The lowest BCUT2D eigenvalue weighted by molar-refractivity contribution is 0.353. The number of allylic oxidation sites excluding steroid dienone is 3. The van der Waals surface area contributed by atoms with Crippen LogP contribution in [0.15, 0.2) is 84.6 Å². The highest BCUT2D eigenvalue weighted by atomic mass is 16.5. The zero-order valence-corrected chi connectivity index (χ0v) is 15.4. The monoisotopic (exact) mass is 341 g/mol. The molecule has 2 aromatic rings. The van der Waals surface area contributed by atoms with E-state index in [0.29, 0.717) is 6.04 Å². The van der Waals surface area contributed by atoms with Gasteiger partial charge in [-0.25, -0.2) is 0 Å². The summed E-state index contributed by atoms with van der Waals surface area (Å²) in [6.07, 6.45) is 8.70. The molecule has 1 atom stereocenters. The molecule has 3 heteroatoms. The third kappa shape index (κ3) is 2.99. The Kier molecular flexibility index (Phi) is 4.70. The molecule has 0 aromatic heterocycles. The Morgan fingerprint density at radius 1 is 0.885 bits per heavy atom. The molecule has 2 aliphatic heterocycles. The van der Waals surface area contributed by atoms with Crippen LogP contribution in [0.3, 0.4) is 0 Å². The number of benzene rings is 2. The van der Waals surface area contributed by atoms with Gasteiger partial charge >= 0.3 is 7.05 Å². The van der Waals surface area contributed by atoms with E-state index in [2.05, 4.69) is 91.5 Å². The maximum absolute atomic E-state index is 6.43. The lowest BCUT2D eigenvalue weighted by Crippen LogP contribution is -2.49. The summed E-state index contributed by atoms with van der Waals surface area (Å²) in [7, 11) is 0.0545. The van der Waals surface area contributed by atoms with Gasteiger partial charge in [0.2, 0.25) is 0 Å². The van der Waals surface area contributed by atoms with Crippen LogP contribution in [0, 0.1) is 0 Å². The van der Waals surface area contributed by atoms with Crippen molar-refractivity contribution in [2.24, 2.45) is 0 Å². The van der Waals surface area contributed by atoms with E-state index in [1.807, 2.05) is 6.07 Å². The van der Waals surface area contributed by atoms with Gasteiger partial charge < -0.3 is 9.47 Å². The Morgan fingerprint density at radius 2 is 1.54 bits per heavy atom. The highest BCUT2D eigenvalue weighted by Crippen LogP contribution is 2.38. The summed E-state index contributed by atoms with van der Waals surface area (Å²) in [5.41, 5.74) is 5.05. The van der Waals surface area contributed by atoms with Crippen LogP contribution in [0.25, 0.3) is 11.3 Å². The second-order valence-corrected chi connectivity index (χ2v) is 6.77. The largest absolute Gasteiger partial charge is 0.541 e. The smallest absolute Gasteiger partial charge is 0.482 e. The predicted molar refractivity (Wildman–Crippen MR) is 110 cm³/mol. The van der Waals surface area contributed by atoms with Crippen molar-refractivity contribution in [2.75, 3.05) is 0 Å². The van der Waals surface area contributed by atoms with Gasteiger partial charge in [-0.15, -0.1) is 0 Å². The van der Waals surface area contributed by atoms with Crippen molar-refractivity contribution in [3.8, 4) is 0 Å². The lowest BCUT2D eigenvalue weighted by atomic mass is 9.70. The van der Waals surface area contributed by atoms with Gasteiger partial charge in [0.15, 0.2) is 0 Å². The SMILES string of the molecule is CCB1OC(c2ccccc2)=CC2=CC=C(c3ccccc3)C(CC)N12. The highest BCUT2D eigenvalue weighted by Gasteiger charge is 2.39. The second kappa shape index (κ2) is 7.29. The van der Waals surface area contributed by atoms with Crippen LogP contribution in [0.5, 0.6) is 0 Å².